The zero-order chi connectivity index (χ0) is 33.7. The minimum atomic E-state index is 1.12. The smallest absolute Gasteiger partial charge is 0.0562 e. The lowest BCUT2D eigenvalue weighted by Crippen LogP contribution is -2.10. The summed E-state index contributed by atoms with van der Waals surface area (Å²) in [6, 6.07) is 70.3. The average Bonchev–Trinajstić information content (AvgIpc) is 3.75. The zero-order valence-electron chi connectivity index (χ0n) is 27.8. The van der Waals surface area contributed by atoms with Gasteiger partial charge < -0.3 is 9.47 Å². The van der Waals surface area contributed by atoms with Crippen molar-refractivity contribution in [2.45, 2.75) is 0 Å². The molecule has 0 aliphatic carbocycles. The van der Waals surface area contributed by atoms with Gasteiger partial charge in [0.15, 0.2) is 0 Å². The first-order valence-electron chi connectivity index (χ1n) is 17.4. The molecule has 0 amide bonds. The van der Waals surface area contributed by atoms with E-state index >= 15 is 0 Å². The first-order valence-corrected chi connectivity index (χ1v) is 18.2. The van der Waals surface area contributed by atoms with Crippen molar-refractivity contribution in [2.24, 2.45) is 0 Å². The number of rotatable bonds is 6. The minimum Gasteiger partial charge on any atom is -0.310 e. The van der Waals surface area contributed by atoms with E-state index in [1.54, 1.807) is 0 Å². The molecular formula is C48H32N2S. The summed E-state index contributed by atoms with van der Waals surface area (Å²) in [6.07, 6.45) is 0. The number of hydrogen-bond donors (Lipinski definition) is 0. The van der Waals surface area contributed by atoms with Crippen molar-refractivity contribution in [3.05, 3.63) is 194 Å². The molecule has 0 unspecified atom stereocenters. The number of thiophene rings is 1. The van der Waals surface area contributed by atoms with Crippen LogP contribution >= 0.6 is 11.3 Å². The van der Waals surface area contributed by atoms with Gasteiger partial charge in [0.1, 0.15) is 0 Å². The summed E-state index contributed by atoms with van der Waals surface area (Å²) in [5.41, 5.74) is 11.8. The topological polar surface area (TPSA) is 8.17 Å². The predicted octanol–water partition coefficient (Wildman–Crippen LogP) is 14.0. The Balaban J connectivity index is 1.22. The van der Waals surface area contributed by atoms with E-state index in [4.69, 9.17) is 0 Å². The monoisotopic (exact) mass is 668 g/mol. The molecule has 10 aromatic rings. The van der Waals surface area contributed by atoms with E-state index in [2.05, 4.69) is 204 Å². The second-order valence-electron chi connectivity index (χ2n) is 12.9. The van der Waals surface area contributed by atoms with Crippen LogP contribution in [-0.2, 0) is 0 Å². The van der Waals surface area contributed by atoms with Gasteiger partial charge in [0.25, 0.3) is 0 Å². The fourth-order valence-corrected chi connectivity index (χ4v) is 8.84. The summed E-state index contributed by atoms with van der Waals surface area (Å²) < 4.78 is 5.02. The molecule has 51 heavy (non-hydrogen) atoms. The number of hydrogen-bond acceptors (Lipinski definition) is 2. The fraction of sp³-hybridized carbons (Fsp3) is 0. The summed E-state index contributed by atoms with van der Waals surface area (Å²) in [4.78, 5) is 2.43. The second kappa shape index (κ2) is 12.2. The molecule has 10 rings (SSSR count). The lowest BCUT2D eigenvalue weighted by atomic mass is 9.97. The number of aromatic nitrogens is 1. The van der Waals surface area contributed by atoms with E-state index in [1.807, 2.05) is 11.3 Å². The Bertz CT molecular complexity index is 2830. The Morgan fingerprint density at radius 2 is 1.04 bits per heavy atom. The van der Waals surface area contributed by atoms with E-state index < -0.39 is 0 Å². The molecular weight excluding hydrogens is 637 g/mol. The first kappa shape index (κ1) is 29.5. The number of fused-ring (bicyclic) bond motifs is 6. The van der Waals surface area contributed by atoms with Crippen molar-refractivity contribution in [2.75, 3.05) is 4.90 Å². The molecule has 2 nitrogen and oxygen atoms in total. The Labute approximate surface area is 300 Å². The molecule has 0 saturated carbocycles. The molecule has 0 saturated heterocycles. The molecule has 0 radical (unpaired) electrons. The van der Waals surface area contributed by atoms with E-state index in [1.165, 1.54) is 69.9 Å². The van der Waals surface area contributed by atoms with Gasteiger partial charge in [0, 0.05) is 48.0 Å². The predicted molar refractivity (Wildman–Crippen MR) is 219 cm³/mol. The van der Waals surface area contributed by atoms with Crippen molar-refractivity contribution >= 4 is 70.4 Å². The van der Waals surface area contributed by atoms with Crippen LogP contribution in [0.3, 0.4) is 0 Å². The maximum Gasteiger partial charge on any atom is 0.0562 e. The van der Waals surface area contributed by atoms with Gasteiger partial charge in [-0.1, -0.05) is 133 Å². The standard InChI is InChI=1S/C48H32N2S/c1-4-14-33(15-5-1)34-26-28-35(29-27-34)39-21-12-22-42-47(39)40-31-30-38(32-44(40)50(42)37-18-8-3-9-19-37)49(36-16-6-2-7-17-36)43-23-13-25-46-48(43)41-20-10-11-24-45(41)51-46/h1-32H. The highest BCUT2D eigenvalue weighted by molar-refractivity contribution is 7.26. The van der Waals surface area contributed by atoms with Gasteiger partial charge in [-0.05, 0) is 82.9 Å². The highest BCUT2D eigenvalue weighted by Crippen LogP contribution is 2.46. The fourth-order valence-electron chi connectivity index (χ4n) is 7.71. The van der Waals surface area contributed by atoms with E-state index in [0.717, 1.165) is 17.1 Å². The van der Waals surface area contributed by atoms with Crippen LogP contribution in [0.25, 0.3) is 69.9 Å². The summed E-state index contributed by atoms with van der Waals surface area (Å²) in [5.74, 6) is 0. The molecule has 3 heteroatoms. The highest BCUT2D eigenvalue weighted by atomic mass is 32.1. The zero-order valence-corrected chi connectivity index (χ0v) is 28.6. The van der Waals surface area contributed by atoms with Crippen LogP contribution in [0.4, 0.5) is 17.1 Å². The van der Waals surface area contributed by atoms with Crippen molar-refractivity contribution in [1.82, 2.24) is 4.57 Å². The Morgan fingerprint density at radius 1 is 0.392 bits per heavy atom. The van der Waals surface area contributed by atoms with E-state index in [9.17, 15) is 0 Å². The van der Waals surface area contributed by atoms with Gasteiger partial charge in [-0.25, -0.2) is 0 Å². The molecule has 2 aromatic heterocycles. The van der Waals surface area contributed by atoms with Crippen LogP contribution in [0.2, 0.25) is 0 Å². The molecule has 8 aromatic carbocycles. The number of nitrogens with zero attached hydrogens (tertiary/aromatic N) is 2. The molecule has 0 aliphatic rings. The lowest BCUT2D eigenvalue weighted by molar-refractivity contribution is 1.18. The van der Waals surface area contributed by atoms with Crippen molar-refractivity contribution in [3.8, 4) is 27.9 Å². The van der Waals surface area contributed by atoms with Gasteiger partial charge >= 0.3 is 0 Å². The molecule has 240 valence electrons. The van der Waals surface area contributed by atoms with Crippen molar-refractivity contribution in [1.29, 1.82) is 0 Å². The quantitative estimate of drug-likeness (QED) is 0.171. The summed E-state index contributed by atoms with van der Waals surface area (Å²) in [5, 5.41) is 5.06. The van der Waals surface area contributed by atoms with Gasteiger partial charge in [-0.2, -0.15) is 0 Å². The van der Waals surface area contributed by atoms with Crippen LogP contribution in [0.5, 0.6) is 0 Å². The molecule has 0 spiro atoms. The average molecular weight is 669 g/mol. The second-order valence-corrected chi connectivity index (χ2v) is 14.0. The van der Waals surface area contributed by atoms with Gasteiger partial charge in [-0.3, -0.25) is 0 Å². The van der Waals surface area contributed by atoms with E-state index in [-0.39, 0.29) is 0 Å². The maximum atomic E-state index is 2.43. The summed E-state index contributed by atoms with van der Waals surface area (Å²) in [7, 11) is 0. The molecule has 0 atom stereocenters. The third kappa shape index (κ3) is 4.93. The third-order valence-electron chi connectivity index (χ3n) is 9.99. The van der Waals surface area contributed by atoms with Gasteiger partial charge in [0.05, 0.1) is 16.7 Å². The lowest BCUT2D eigenvalue weighted by Gasteiger charge is -2.26. The third-order valence-corrected chi connectivity index (χ3v) is 11.1. The summed E-state index contributed by atoms with van der Waals surface area (Å²) >= 11 is 1.86. The van der Waals surface area contributed by atoms with Crippen LogP contribution in [0.1, 0.15) is 0 Å². The van der Waals surface area contributed by atoms with Gasteiger partial charge in [0.2, 0.25) is 0 Å². The number of benzene rings is 8. The molecule has 0 fully saturated rings. The minimum absolute atomic E-state index is 1.12. The van der Waals surface area contributed by atoms with Crippen molar-refractivity contribution in [3.63, 3.8) is 0 Å². The Hall–Kier alpha value is -6.42. The molecule has 0 N–H and O–H groups in total. The normalized spacial score (nSPS) is 11.5. The Morgan fingerprint density at radius 3 is 1.84 bits per heavy atom. The van der Waals surface area contributed by atoms with Crippen molar-refractivity contribution < 1.29 is 0 Å². The SMILES string of the molecule is c1ccc(-c2ccc(-c3cccc4c3c3ccc(N(c5ccccc5)c5cccc6sc7ccccc7c56)cc3n4-c3ccccc3)cc2)cc1. The van der Waals surface area contributed by atoms with E-state index in [0.29, 0.717) is 0 Å². The van der Waals surface area contributed by atoms with Crippen LogP contribution in [0, 0.1) is 0 Å². The van der Waals surface area contributed by atoms with Crippen LogP contribution in [0.15, 0.2) is 194 Å². The number of anilines is 3. The van der Waals surface area contributed by atoms with Crippen LogP contribution < -0.4 is 4.90 Å². The summed E-state index contributed by atoms with van der Waals surface area (Å²) in [6.45, 7) is 0. The largest absolute Gasteiger partial charge is 0.310 e. The number of para-hydroxylation sites is 2. The highest BCUT2D eigenvalue weighted by Gasteiger charge is 2.21. The maximum absolute atomic E-state index is 2.43. The Kier molecular flexibility index (Phi) is 7.04. The van der Waals surface area contributed by atoms with Crippen LogP contribution in [-0.4, -0.2) is 4.57 Å². The molecule has 2 heterocycles. The molecule has 0 aliphatic heterocycles. The first-order chi connectivity index (χ1) is 25.3. The van der Waals surface area contributed by atoms with Gasteiger partial charge in [-0.15, -0.1) is 11.3 Å². The molecule has 0 bridgehead atoms.